The molecule has 1 fully saturated rings. The molecule has 0 saturated carbocycles. The Morgan fingerprint density at radius 1 is 1.10 bits per heavy atom. The first-order chi connectivity index (χ1) is 9.86. The minimum atomic E-state index is -0.0681. The summed E-state index contributed by atoms with van der Waals surface area (Å²) in [6.07, 6.45) is 1.67. The summed E-state index contributed by atoms with van der Waals surface area (Å²) in [4.78, 5) is 10.9. The third kappa shape index (κ3) is 2.79. The maximum absolute atomic E-state index is 9.11. The first-order valence-electron chi connectivity index (χ1n) is 6.73. The fourth-order valence-corrected chi connectivity index (χ4v) is 2.27. The van der Waals surface area contributed by atoms with Gasteiger partial charge in [0.2, 0.25) is 0 Å². The zero-order valence-corrected chi connectivity index (χ0v) is 11.2. The molecular formula is C15H17N3O2. The fourth-order valence-electron chi connectivity index (χ4n) is 2.27. The summed E-state index contributed by atoms with van der Waals surface area (Å²) in [6.45, 7) is 3.35. The molecular weight excluding hydrogens is 254 g/mol. The van der Waals surface area contributed by atoms with Gasteiger partial charge in [-0.05, 0) is 30.3 Å². The number of benzene rings is 1. The average Bonchev–Trinajstić information content (AvgIpc) is 2.56. The second-order valence-corrected chi connectivity index (χ2v) is 4.68. The van der Waals surface area contributed by atoms with Gasteiger partial charge in [-0.2, -0.15) is 0 Å². The van der Waals surface area contributed by atoms with E-state index in [9.17, 15) is 0 Å². The van der Waals surface area contributed by atoms with Crippen molar-refractivity contribution in [2.75, 3.05) is 31.2 Å². The molecule has 2 heterocycles. The quantitative estimate of drug-likeness (QED) is 0.916. The number of aromatic nitrogens is 2. The summed E-state index contributed by atoms with van der Waals surface area (Å²) in [5.41, 5.74) is 2.78. The molecule has 0 bridgehead atoms. The molecule has 1 N–H and O–H groups in total. The van der Waals surface area contributed by atoms with Crippen LogP contribution in [-0.4, -0.2) is 41.4 Å². The summed E-state index contributed by atoms with van der Waals surface area (Å²) >= 11 is 0. The minimum Gasteiger partial charge on any atom is -0.390 e. The van der Waals surface area contributed by atoms with Crippen molar-refractivity contribution in [2.45, 2.75) is 6.61 Å². The summed E-state index contributed by atoms with van der Waals surface area (Å²) in [5, 5.41) is 9.11. The molecule has 1 saturated heterocycles. The highest BCUT2D eigenvalue weighted by Gasteiger charge is 2.11. The number of hydrogen-bond donors (Lipinski definition) is 1. The Balaban J connectivity index is 1.81. The summed E-state index contributed by atoms with van der Waals surface area (Å²) in [5.74, 6) is 0.644. The molecule has 1 aliphatic rings. The van der Waals surface area contributed by atoms with Gasteiger partial charge < -0.3 is 14.7 Å². The van der Waals surface area contributed by atoms with Crippen molar-refractivity contribution in [3.05, 3.63) is 42.2 Å². The molecule has 20 heavy (non-hydrogen) atoms. The van der Waals surface area contributed by atoms with Crippen molar-refractivity contribution in [3.8, 4) is 11.4 Å². The van der Waals surface area contributed by atoms with Gasteiger partial charge in [0.25, 0.3) is 0 Å². The number of aliphatic hydroxyl groups is 1. The Bertz CT molecular complexity index is 566. The maximum atomic E-state index is 9.11. The van der Waals surface area contributed by atoms with Gasteiger partial charge in [-0.25, -0.2) is 9.97 Å². The Hall–Kier alpha value is -1.98. The van der Waals surface area contributed by atoms with Crippen molar-refractivity contribution < 1.29 is 9.84 Å². The molecule has 1 aromatic carbocycles. The Morgan fingerprint density at radius 3 is 2.55 bits per heavy atom. The lowest BCUT2D eigenvalue weighted by Gasteiger charge is -2.28. The first-order valence-corrected chi connectivity index (χ1v) is 6.73. The van der Waals surface area contributed by atoms with Crippen LogP contribution in [0.4, 0.5) is 5.69 Å². The third-order valence-electron chi connectivity index (χ3n) is 3.38. The SMILES string of the molecule is OCc1ccnc(-c2ccc(N3CCOCC3)cc2)n1. The maximum Gasteiger partial charge on any atom is 0.159 e. The number of nitrogens with zero attached hydrogens (tertiary/aromatic N) is 3. The molecule has 1 aromatic heterocycles. The topological polar surface area (TPSA) is 58.5 Å². The highest BCUT2D eigenvalue weighted by Crippen LogP contribution is 2.21. The lowest BCUT2D eigenvalue weighted by atomic mass is 10.1. The van der Waals surface area contributed by atoms with Crippen LogP contribution >= 0.6 is 0 Å². The van der Waals surface area contributed by atoms with Crippen LogP contribution in [0.2, 0.25) is 0 Å². The van der Waals surface area contributed by atoms with Gasteiger partial charge in [-0.3, -0.25) is 0 Å². The minimum absolute atomic E-state index is 0.0681. The number of rotatable bonds is 3. The van der Waals surface area contributed by atoms with Crippen molar-refractivity contribution in [3.63, 3.8) is 0 Å². The monoisotopic (exact) mass is 271 g/mol. The number of anilines is 1. The van der Waals surface area contributed by atoms with Gasteiger partial charge in [0, 0.05) is 30.5 Å². The van der Waals surface area contributed by atoms with E-state index in [1.165, 1.54) is 5.69 Å². The lowest BCUT2D eigenvalue weighted by molar-refractivity contribution is 0.122. The van der Waals surface area contributed by atoms with E-state index in [0.29, 0.717) is 11.5 Å². The molecule has 0 amide bonds. The predicted molar refractivity (Wildman–Crippen MR) is 76.4 cm³/mol. The van der Waals surface area contributed by atoms with Crippen molar-refractivity contribution in [2.24, 2.45) is 0 Å². The average molecular weight is 271 g/mol. The van der Waals surface area contributed by atoms with Crippen LogP contribution in [-0.2, 0) is 11.3 Å². The Labute approximate surface area is 117 Å². The molecule has 2 aromatic rings. The number of hydrogen-bond acceptors (Lipinski definition) is 5. The standard InChI is InChI=1S/C15H17N3O2/c19-11-13-5-6-16-15(17-13)12-1-3-14(4-2-12)18-7-9-20-10-8-18/h1-6,19H,7-11H2. The summed E-state index contributed by atoms with van der Waals surface area (Å²) in [7, 11) is 0. The van der Waals surface area contributed by atoms with Crippen LogP contribution < -0.4 is 4.90 Å². The van der Waals surface area contributed by atoms with Crippen molar-refractivity contribution >= 4 is 5.69 Å². The molecule has 104 valence electrons. The summed E-state index contributed by atoms with van der Waals surface area (Å²) < 4.78 is 5.35. The number of ether oxygens (including phenoxy) is 1. The van der Waals surface area contributed by atoms with Crippen LogP contribution in [0, 0.1) is 0 Å². The first kappa shape index (κ1) is 13.0. The number of aliphatic hydroxyl groups excluding tert-OH is 1. The van der Waals surface area contributed by atoms with Crippen LogP contribution in [0.1, 0.15) is 5.69 Å². The van der Waals surface area contributed by atoms with Gasteiger partial charge in [-0.15, -0.1) is 0 Å². The second kappa shape index (κ2) is 5.98. The fraction of sp³-hybridized carbons (Fsp3) is 0.333. The second-order valence-electron chi connectivity index (χ2n) is 4.68. The largest absolute Gasteiger partial charge is 0.390 e. The van der Waals surface area contributed by atoms with E-state index >= 15 is 0 Å². The van der Waals surface area contributed by atoms with Crippen LogP contribution in [0.3, 0.4) is 0 Å². The van der Waals surface area contributed by atoms with Crippen molar-refractivity contribution in [1.29, 1.82) is 0 Å². The molecule has 5 nitrogen and oxygen atoms in total. The van der Waals surface area contributed by atoms with E-state index in [1.807, 2.05) is 12.1 Å². The van der Waals surface area contributed by atoms with E-state index in [4.69, 9.17) is 9.84 Å². The normalized spacial score (nSPS) is 15.3. The van der Waals surface area contributed by atoms with E-state index in [1.54, 1.807) is 12.3 Å². The van der Waals surface area contributed by atoms with E-state index in [2.05, 4.69) is 27.0 Å². The molecule has 1 aliphatic heterocycles. The molecule has 5 heteroatoms. The van der Waals surface area contributed by atoms with Gasteiger partial charge in [-0.1, -0.05) is 0 Å². The molecule has 0 aliphatic carbocycles. The van der Waals surface area contributed by atoms with E-state index in [-0.39, 0.29) is 6.61 Å². The smallest absolute Gasteiger partial charge is 0.159 e. The highest BCUT2D eigenvalue weighted by molar-refractivity contribution is 5.60. The van der Waals surface area contributed by atoms with Crippen LogP contribution in [0.15, 0.2) is 36.5 Å². The Kier molecular flexibility index (Phi) is 3.90. The zero-order valence-electron chi connectivity index (χ0n) is 11.2. The zero-order chi connectivity index (χ0) is 13.8. The van der Waals surface area contributed by atoms with Crippen LogP contribution in [0.25, 0.3) is 11.4 Å². The molecule has 0 radical (unpaired) electrons. The van der Waals surface area contributed by atoms with Gasteiger partial charge in [0.05, 0.1) is 25.5 Å². The lowest BCUT2D eigenvalue weighted by Crippen LogP contribution is -2.36. The molecule has 3 rings (SSSR count). The van der Waals surface area contributed by atoms with Crippen LogP contribution in [0.5, 0.6) is 0 Å². The van der Waals surface area contributed by atoms with Crippen molar-refractivity contribution in [1.82, 2.24) is 9.97 Å². The number of morpholine rings is 1. The predicted octanol–water partition coefficient (Wildman–Crippen LogP) is 1.47. The van der Waals surface area contributed by atoms with Gasteiger partial charge >= 0.3 is 0 Å². The molecule has 0 unspecified atom stereocenters. The highest BCUT2D eigenvalue weighted by atomic mass is 16.5. The molecule has 0 atom stereocenters. The molecule has 0 spiro atoms. The summed E-state index contributed by atoms with van der Waals surface area (Å²) in [6, 6.07) is 9.90. The van der Waals surface area contributed by atoms with Gasteiger partial charge in [0.1, 0.15) is 0 Å². The van der Waals surface area contributed by atoms with Gasteiger partial charge in [0.15, 0.2) is 5.82 Å². The van der Waals surface area contributed by atoms with E-state index < -0.39 is 0 Å². The Morgan fingerprint density at radius 2 is 1.85 bits per heavy atom. The van der Waals surface area contributed by atoms with E-state index in [0.717, 1.165) is 31.9 Å². The third-order valence-corrected chi connectivity index (χ3v) is 3.38.